The Bertz CT molecular complexity index is 176. The van der Waals surface area contributed by atoms with Crippen LogP contribution in [0.3, 0.4) is 0 Å². The van der Waals surface area contributed by atoms with Gasteiger partial charge < -0.3 is 10.5 Å². The summed E-state index contributed by atoms with van der Waals surface area (Å²) < 4.78 is 5.48. The molecule has 1 fully saturated rings. The number of rotatable bonds is 9. The van der Waals surface area contributed by atoms with Crippen LogP contribution in [0.15, 0.2) is 0 Å². The zero-order valence-corrected chi connectivity index (χ0v) is 11.7. The molecule has 102 valence electrons. The molecule has 0 spiro atoms. The Morgan fingerprint density at radius 1 is 1.00 bits per heavy atom. The summed E-state index contributed by atoms with van der Waals surface area (Å²) in [6.45, 7) is 3.97. The fraction of sp³-hybridized carbons (Fsp3) is 1.00. The summed E-state index contributed by atoms with van der Waals surface area (Å²) in [7, 11) is 0. The van der Waals surface area contributed by atoms with Gasteiger partial charge in [-0.2, -0.15) is 0 Å². The minimum Gasteiger partial charge on any atom is -0.380 e. The highest BCUT2D eigenvalue weighted by atomic mass is 16.5. The minimum absolute atomic E-state index is 0.000457. The van der Waals surface area contributed by atoms with Crippen molar-refractivity contribution in [3.8, 4) is 0 Å². The maximum Gasteiger partial charge on any atom is 0.0646 e. The molecule has 0 amide bonds. The van der Waals surface area contributed by atoms with Gasteiger partial charge in [-0.25, -0.2) is 0 Å². The average Bonchev–Trinajstić information content (AvgIpc) is 2.33. The van der Waals surface area contributed by atoms with E-state index in [9.17, 15) is 0 Å². The first-order valence-corrected chi connectivity index (χ1v) is 7.63. The molecule has 17 heavy (non-hydrogen) atoms. The molecule has 1 aliphatic rings. The summed E-state index contributed by atoms with van der Waals surface area (Å²) >= 11 is 0. The van der Waals surface area contributed by atoms with Gasteiger partial charge in [-0.05, 0) is 19.3 Å². The first-order valence-electron chi connectivity index (χ1n) is 7.63. The Balaban J connectivity index is 1.89. The first-order chi connectivity index (χ1) is 8.27. The van der Waals surface area contributed by atoms with Gasteiger partial charge in [0.2, 0.25) is 0 Å². The Labute approximate surface area is 107 Å². The normalized spacial score (nSPS) is 25.1. The smallest absolute Gasteiger partial charge is 0.0646 e. The van der Waals surface area contributed by atoms with Crippen molar-refractivity contribution < 1.29 is 4.74 Å². The monoisotopic (exact) mass is 241 g/mol. The van der Waals surface area contributed by atoms with Gasteiger partial charge in [-0.15, -0.1) is 0 Å². The van der Waals surface area contributed by atoms with Crippen LogP contribution in [0.4, 0.5) is 0 Å². The molecule has 1 atom stereocenters. The fourth-order valence-corrected chi connectivity index (χ4v) is 2.68. The summed E-state index contributed by atoms with van der Waals surface area (Å²) in [6, 6.07) is 0. The highest BCUT2D eigenvalue weighted by Crippen LogP contribution is 2.23. The van der Waals surface area contributed by atoms with Crippen LogP contribution in [0.5, 0.6) is 0 Å². The second kappa shape index (κ2) is 8.93. The molecule has 0 aromatic heterocycles. The van der Waals surface area contributed by atoms with Crippen LogP contribution in [0.25, 0.3) is 0 Å². The molecule has 0 radical (unpaired) electrons. The fourth-order valence-electron chi connectivity index (χ4n) is 2.68. The van der Waals surface area contributed by atoms with Crippen molar-refractivity contribution in [3.05, 3.63) is 0 Å². The third kappa shape index (κ3) is 7.05. The van der Waals surface area contributed by atoms with E-state index in [1.54, 1.807) is 0 Å². The maximum absolute atomic E-state index is 6.31. The van der Waals surface area contributed by atoms with E-state index in [1.807, 2.05) is 0 Å². The van der Waals surface area contributed by atoms with Gasteiger partial charge in [0, 0.05) is 12.1 Å². The van der Waals surface area contributed by atoms with E-state index in [0.717, 1.165) is 32.5 Å². The van der Waals surface area contributed by atoms with Gasteiger partial charge in [0.25, 0.3) is 0 Å². The molecule has 2 heteroatoms. The Morgan fingerprint density at radius 2 is 1.65 bits per heavy atom. The van der Waals surface area contributed by atoms with Crippen LogP contribution in [-0.4, -0.2) is 18.8 Å². The predicted molar refractivity (Wildman–Crippen MR) is 74.2 cm³/mol. The van der Waals surface area contributed by atoms with E-state index < -0.39 is 0 Å². The zero-order chi connectivity index (χ0) is 12.4. The molecule has 1 unspecified atom stereocenters. The molecule has 1 aliphatic heterocycles. The van der Waals surface area contributed by atoms with Crippen LogP contribution < -0.4 is 5.73 Å². The lowest BCUT2D eigenvalue weighted by Gasteiger charge is -2.33. The van der Waals surface area contributed by atoms with Crippen LogP contribution in [0, 0.1) is 0 Å². The van der Waals surface area contributed by atoms with E-state index in [4.69, 9.17) is 10.5 Å². The quantitative estimate of drug-likeness (QED) is 0.619. The minimum atomic E-state index is 0.000457. The van der Waals surface area contributed by atoms with Crippen molar-refractivity contribution in [2.75, 3.05) is 13.2 Å². The molecule has 0 aromatic carbocycles. The third-order valence-electron chi connectivity index (χ3n) is 3.88. The number of nitrogens with two attached hydrogens (primary N) is 1. The Kier molecular flexibility index (Phi) is 7.87. The van der Waals surface area contributed by atoms with E-state index in [2.05, 4.69) is 6.92 Å². The number of ether oxygens (including phenoxy) is 1. The molecule has 0 aromatic rings. The van der Waals surface area contributed by atoms with Crippen molar-refractivity contribution in [1.29, 1.82) is 0 Å². The highest BCUT2D eigenvalue weighted by Gasteiger charge is 2.27. The molecule has 0 bridgehead atoms. The third-order valence-corrected chi connectivity index (χ3v) is 3.88. The largest absolute Gasteiger partial charge is 0.380 e. The van der Waals surface area contributed by atoms with E-state index in [1.165, 1.54) is 51.4 Å². The van der Waals surface area contributed by atoms with Crippen LogP contribution in [0.1, 0.15) is 77.6 Å². The lowest BCUT2D eigenvalue weighted by Crippen LogP contribution is -2.47. The number of hydrogen-bond acceptors (Lipinski definition) is 2. The number of hydrogen-bond donors (Lipinski definition) is 1. The lowest BCUT2D eigenvalue weighted by atomic mass is 9.88. The van der Waals surface area contributed by atoms with Gasteiger partial charge >= 0.3 is 0 Å². The standard InChI is InChI=1S/C15H31NO/c1-2-3-4-5-6-7-8-9-11-15(16)12-10-13-17-14-15/h2-14,16H2,1H3. The summed E-state index contributed by atoms with van der Waals surface area (Å²) in [6.07, 6.45) is 14.5. The van der Waals surface area contributed by atoms with Crippen molar-refractivity contribution in [2.24, 2.45) is 5.73 Å². The SMILES string of the molecule is CCCCCCCCCCC1(N)CCCOC1. The van der Waals surface area contributed by atoms with E-state index in [-0.39, 0.29) is 5.54 Å². The molecule has 1 saturated heterocycles. The van der Waals surface area contributed by atoms with Gasteiger partial charge in [0.05, 0.1) is 6.61 Å². The van der Waals surface area contributed by atoms with Crippen molar-refractivity contribution in [3.63, 3.8) is 0 Å². The number of unbranched alkanes of at least 4 members (excludes halogenated alkanes) is 7. The molecular weight excluding hydrogens is 210 g/mol. The Hall–Kier alpha value is -0.0800. The van der Waals surface area contributed by atoms with Gasteiger partial charge in [0.15, 0.2) is 0 Å². The molecule has 2 nitrogen and oxygen atoms in total. The maximum atomic E-state index is 6.31. The van der Waals surface area contributed by atoms with Crippen LogP contribution in [-0.2, 0) is 4.74 Å². The van der Waals surface area contributed by atoms with E-state index >= 15 is 0 Å². The first kappa shape index (κ1) is 15.0. The molecule has 0 saturated carbocycles. The topological polar surface area (TPSA) is 35.2 Å². The molecule has 1 heterocycles. The van der Waals surface area contributed by atoms with Crippen LogP contribution >= 0.6 is 0 Å². The summed E-state index contributed by atoms with van der Waals surface area (Å²) in [4.78, 5) is 0. The van der Waals surface area contributed by atoms with E-state index in [0.29, 0.717) is 0 Å². The molecular formula is C15H31NO. The average molecular weight is 241 g/mol. The predicted octanol–water partition coefficient (Wildman–Crippen LogP) is 4.03. The van der Waals surface area contributed by atoms with Crippen LogP contribution in [0.2, 0.25) is 0 Å². The zero-order valence-electron chi connectivity index (χ0n) is 11.7. The van der Waals surface area contributed by atoms with Crippen molar-refractivity contribution in [1.82, 2.24) is 0 Å². The molecule has 1 rings (SSSR count). The van der Waals surface area contributed by atoms with Crippen molar-refractivity contribution >= 4 is 0 Å². The van der Waals surface area contributed by atoms with Gasteiger partial charge in [-0.3, -0.25) is 0 Å². The second-order valence-corrected chi connectivity index (χ2v) is 5.74. The second-order valence-electron chi connectivity index (χ2n) is 5.74. The molecule has 2 N–H and O–H groups in total. The van der Waals surface area contributed by atoms with Gasteiger partial charge in [-0.1, -0.05) is 58.3 Å². The lowest BCUT2D eigenvalue weighted by molar-refractivity contribution is 0.0334. The summed E-state index contributed by atoms with van der Waals surface area (Å²) in [5.41, 5.74) is 6.31. The van der Waals surface area contributed by atoms with Crippen molar-refractivity contribution in [2.45, 2.75) is 83.1 Å². The summed E-state index contributed by atoms with van der Waals surface area (Å²) in [5.74, 6) is 0. The Morgan fingerprint density at radius 3 is 2.24 bits per heavy atom. The van der Waals surface area contributed by atoms with Gasteiger partial charge in [0.1, 0.15) is 0 Å². The highest BCUT2D eigenvalue weighted by molar-refractivity contribution is 4.86. The molecule has 0 aliphatic carbocycles. The summed E-state index contributed by atoms with van der Waals surface area (Å²) in [5, 5.41) is 0.